The van der Waals surface area contributed by atoms with Crippen LogP contribution < -0.4 is 0 Å². The zero-order chi connectivity index (χ0) is 8.20. The molecule has 5 nitrogen and oxygen atoms in total. The van der Waals surface area contributed by atoms with Gasteiger partial charge in [-0.25, -0.2) is 0 Å². The molecule has 0 atom stereocenters. The van der Waals surface area contributed by atoms with E-state index in [2.05, 4.69) is 0 Å². The Morgan fingerprint density at radius 2 is 2.10 bits per heavy atom. The maximum absolute atomic E-state index is 10.2. The first kappa shape index (κ1) is 9.77. The molecule has 8 heteroatoms. The van der Waals surface area contributed by atoms with Crippen molar-refractivity contribution in [2.45, 2.75) is 0 Å². The van der Waals surface area contributed by atoms with Crippen LogP contribution >= 0.6 is 21.6 Å². The van der Waals surface area contributed by atoms with E-state index in [1.54, 1.807) is 0 Å². The van der Waals surface area contributed by atoms with Gasteiger partial charge in [-0.3, -0.25) is 9.35 Å². The molecule has 0 radical (unpaired) electrons. The van der Waals surface area contributed by atoms with Gasteiger partial charge in [0.1, 0.15) is 5.40 Å². The minimum absolute atomic E-state index is 0.162. The van der Waals surface area contributed by atoms with Crippen LogP contribution in [0.25, 0.3) is 0 Å². The maximum atomic E-state index is 10.2. The number of hydrogen-bond donors (Lipinski definition) is 1. The molecule has 0 aromatic carbocycles. The van der Waals surface area contributed by atoms with Gasteiger partial charge in [-0.1, -0.05) is 0 Å². The highest BCUT2D eigenvalue weighted by molar-refractivity contribution is 8.86. The number of nitriles is 1. The van der Waals surface area contributed by atoms with Crippen molar-refractivity contribution in [3.05, 3.63) is 0 Å². The Morgan fingerprint density at radius 1 is 1.60 bits per heavy atom. The molecule has 0 aromatic heterocycles. The molecule has 1 N–H and O–H groups in total. The van der Waals surface area contributed by atoms with Crippen LogP contribution in [-0.2, 0) is 10.1 Å². The van der Waals surface area contributed by atoms with E-state index in [1.807, 2.05) is 0 Å². The lowest BCUT2D eigenvalue weighted by atomic mass is 11.8. The molecule has 0 fully saturated rings. The molecular weight excluding hydrogens is 198 g/mol. The molecule has 0 saturated heterocycles. The summed E-state index contributed by atoms with van der Waals surface area (Å²) in [5.74, 6) is 0. The molecule has 56 valence electrons. The topological polar surface area (TPSA) is 95.2 Å². The molecule has 0 saturated carbocycles. The van der Waals surface area contributed by atoms with Crippen LogP contribution in [0.2, 0.25) is 0 Å². The molecule has 0 aliphatic carbocycles. The quantitative estimate of drug-likeness (QED) is 0.380. The van der Waals surface area contributed by atoms with Crippen LogP contribution in [0.5, 0.6) is 0 Å². The van der Waals surface area contributed by atoms with Gasteiger partial charge in [0, 0.05) is 21.6 Å². The van der Waals surface area contributed by atoms with Crippen molar-refractivity contribution in [2.24, 2.45) is 0 Å². The highest BCUT2D eigenvalue weighted by Crippen LogP contribution is 2.23. The van der Waals surface area contributed by atoms with E-state index < -0.39 is 14.6 Å². The Bertz CT molecular complexity index is 261. The van der Waals surface area contributed by atoms with E-state index in [4.69, 9.17) is 9.81 Å². The summed E-state index contributed by atoms with van der Waals surface area (Å²) in [6.07, 6.45) is 0. The smallest absolute Gasteiger partial charge is 0.279 e. The van der Waals surface area contributed by atoms with Crippen molar-refractivity contribution in [2.75, 3.05) is 0 Å². The van der Waals surface area contributed by atoms with E-state index in [0.29, 0.717) is 10.8 Å². The number of thiocyanates is 1. The van der Waals surface area contributed by atoms with Crippen LogP contribution in [0, 0.1) is 10.7 Å². The second-order valence-corrected chi connectivity index (χ2v) is 4.45. The summed E-state index contributed by atoms with van der Waals surface area (Å²) in [4.78, 5) is 10.2. The Hall–Kier alpha value is -0.230. The Balaban J connectivity index is 4.04. The Kier molecular flexibility index (Phi) is 3.73. The lowest BCUT2D eigenvalue weighted by molar-refractivity contribution is 0.272. The fourth-order valence-electron chi connectivity index (χ4n) is 0.0956. The molecule has 0 heterocycles. The number of rotatable bonds is 1. The highest BCUT2D eigenvalue weighted by atomic mass is 33.1. The third-order valence-corrected chi connectivity index (χ3v) is 3.20. The molecule has 0 spiro atoms. The van der Waals surface area contributed by atoms with Crippen molar-refractivity contribution in [1.82, 2.24) is 0 Å². The van der Waals surface area contributed by atoms with Gasteiger partial charge in [0.05, 0.1) is 0 Å². The molecule has 0 unspecified atom stereocenters. The van der Waals surface area contributed by atoms with Gasteiger partial charge in [-0.15, -0.1) is 0 Å². The summed E-state index contributed by atoms with van der Waals surface area (Å²) in [5.41, 5.74) is 0. The van der Waals surface area contributed by atoms with Gasteiger partial charge >= 0.3 is 14.6 Å². The van der Waals surface area contributed by atoms with Crippen LogP contribution in [0.15, 0.2) is 0 Å². The number of hydrogen-bond acceptors (Lipinski definition) is 6. The summed E-state index contributed by atoms with van der Waals surface area (Å²) in [7, 11) is -4.08. The average Bonchev–Trinajstić information content (AvgIpc) is 1.80. The zero-order valence-electron chi connectivity index (χ0n) is 4.34. The second-order valence-electron chi connectivity index (χ2n) is 0.983. The molecule has 0 aromatic rings. The van der Waals surface area contributed by atoms with Crippen molar-refractivity contribution in [3.63, 3.8) is 0 Å². The molecule has 0 amide bonds. The largest absolute Gasteiger partial charge is 0.341 e. The summed E-state index contributed by atoms with van der Waals surface area (Å²) >= 11 is 0. The average molecular weight is 199 g/mol. The summed E-state index contributed by atoms with van der Waals surface area (Å²) in [6.45, 7) is 0. The van der Waals surface area contributed by atoms with Crippen molar-refractivity contribution >= 4 is 36.2 Å². The number of carbonyl (C=O) groups is 1. The lowest BCUT2D eigenvalue weighted by Crippen LogP contribution is -2.04. The van der Waals surface area contributed by atoms with Gasteiger partial charge in [-0.05, 0) is 0 Å². The van der Waals surface area contributed by atoms with E-state index in [0.717, 1.165) is 0 Å². The lowest BCUT2D eigenvalue weighted by Gasteiger charge is -1.87. The van der Waals surface area contributed by atoms with Crippen LogP contribution in [0.1, 0.15) is 0 Å². The standard InChI is InChI=1S/C2HNO4S3/c3-1-8-9-2(4)10(5,6)7/h(H,5,6,7). The van der Waals surface area contributed by atoms with Crippen molar-refractivity contribution in [3.8, 4) is 5.40 Å². The van der Waals surface area contributed by atoms with Gasteiger partial charge in [0.15, 0.2) is 0 Å². The summed E-state index contributed by atoms with van der Waals surface area (Å²) in [5, 5.41) is 9.30. The SMILES string of the molecule is N#CSSC(=O)S(=O)(=O)O. The number of nitrogens with zero attached hydrogens (tertiary/aromatic N) is 1. The normalized spacial score (nSPS) is 10.4. The predicted octanol–water partition coefficient (Wildman–Crippen LogP) is 0.857. The first-order valence-electron chi connectivity index (χ1n) is 1.72. The molecule has 0 rings (SSSR count). The van der Waals surface area contributed by atoms with Crippen LogP contribution in [0.3, 0.4) is 0 Å². The predicted molar refractivity (Wildman–Crippen MR) is 37.7 cm³/mol. The van der Waals surface area contributed by atoms with E-state index in [9.17, 15) is 13.2 Å². The fourth-order valence-corrected chi connectivity index (χ4v) is 1.94. The molecule has 0 aliphatic heterocycles. The van der Waals surface area contributed by atoms with E-state index in [1.165, 1.54) is 5.40 Å². The molecular formula is C2HNO4S3. The molecule has 10 heavy (non-hydrogen) atoms. The van der Waals surface area contributed by atoms with Gasteiger partial charge in [0.2, 0.25) is 0 Å². The second kappa shape index (κ2) is 3.82. The van der Waals surface area contributed by atoms with E-state index >= 15 is 0 Å². The van der Waals surface area contributed by atoms with Gasteiger partial charge in [0.25, 0.3) is 0 Å². The summed E-state index contributed by atoms with van der Waals surface area (Å²) in [6, 6.07) is 0. The van der Waals surface area contributed by atoms with Crippen LogP contribution in [-0.4, -0.2) is 17.4 Å². The van der Waals surface area contributed by atoms with Crippen molar-refractivity contribution in [1.29, 1.82) is 5.26 Å². The number of carbonyl (C=O) groups excluding carboxylic acids is 1. The first-order valence-corrected chi connectivity index (χ1v) is 5.31. The monoisotopic (exact) mass is 199 g/mol. The zero-order valence-corrected chi connectivity index (χ0v) is 6.79. The maximum Gasteiger partial charge on any atom is 0.341 e. The third kappa shape index (κ3) is 3.73. The van der Waals surface area contributed by atoms with Gasteiger partial charge in [-0.2, -0.15) is 13.7 Å². The Morgan fingerprint density at radius 3 is 2.40 bits per heavy atom. The Labute approximate surface area is 64.9 Å². The van der Waals surface area contributed by atoms with E-state index in [-0.39, 0.29) is 10.8 Å². The van der Waals surface area contributed by atoms with Crippen LogP contribution in [0.4, 0.5) is 4.79 Å². The minimum atomic E-state index is -4.62. The van der Waals surface area contributed by atoms with Gasteiger partial charge < -0.3 is 0 Å². The minimum Gasteiger partial charge on any atom is -0.279 e. The molecule has 0 aliphatic rings. The summed E-state index contributed by atoms with van der Waals surface area (Å²) < 4.78 is 26.4. The van der Waals surface area contributed by atoms with Crippen molar-refractivity contribution < 1.29 is 17.8 Å². The highest BCUT2D eigenvalue weighted by Gasteiger charge is 2.18. The molecule has 0 bridgehead atoms. The third-order valence-electron chi connectivity index (χ3n) is 0.358. The first-order chi connectivity index (χ1) is 4.48. The fraction of sp³-hybridized carbons (Fsp3) is 0.